The van der Waals surface area contributed by atoms with Gasteiger partial charge < -0.3 is 16.2 Å². The maximum Gasteiger partial charge on any atom is 0.133 e. The van der Waals surface area contributed by atoms with Crippen LogP contribution >= 0.6 is 11.6 Å². The molecule has 0 fully saturated rings. The maximum absolute atomic E-state index is 9.27. The van der Waals surface area contributed by atoms with Crippen LogP contribution in [0.1, 0.15) is 13.8 Å². The molecule has 4 N–H and O–H groups in total. The fraction of sp³-hybridized carbons (Fsp3) is 0.444. The first-order valence-corrected chi connectivity index (χ1v) is 4.74. The molecule has 0 aliphatic heterocycles. The Morgan fingerprint density at radius 3 is 2.64 bits per heavy atom. The molecule has 0 saturated heterocycles. The van der Waals surface area contributed by atoms with Crippen molar-refractivity contribution in [3.05, 3.63) is 17.3 Å². The van der Waals surface area contributed by atoms with Crippen molar-refractivity contribution >= 4 is 23.1 Å². The largest absolute Gasteiger partial charge is 0.399 e. The van der Waals surface area contributed by atoms with Gasteiger partial charge >= 0.3 is 0 Å². The van der Waals surface area contributed by atoms with E-state index in [0.29, 0.717) is 16.7 Å². The van der Waals surface area contributed by atoms with Crippen LogP contribution in [0.5, 0.6) is 0 Å². The zero-order chi connectivity index (χ0) is 10.7. The van der Waals surface area contributed by atoms with Crippen molar-refractivity contribution in [3.8, 4) is 0 Å². The summed E-state index contributed by atoms with van der Waals surface area (Å²) in [5.41, 5.74) is 6.13. The predicted molar refractivity (Wildman–Crippen MR) is 58.4 cm³/mol. The zero-order valence-corrected chi connectivity index (χ0v) is 8.92. The van der Waals surface area contributed by atoms with E-state index in [2.05, 4.69) is 10.3 Å². The summed E-state index contributed by atoms with van der Waals surface area (Å²) in [5, 5.41) is 12.6. The van der Waals surface area contributed by atoms with Gasteiger partial charge in [0.1, 0.15) is 11.0 Å². The summed E-state index contributed by atoms with van der Waals surface area (Å²) >= 11 is 5.72. The normalized spacial score (nSPS) is 14.9. The molecule has 1 rings (SSSR count). The molecule has 1 aromatic rings. The summed E-state index contributed by atoms with van der Waals surface area (Å²) in [6, 6.07) is 3.14. The Labute approximate surface area is 88.1 Å². The molecule has 0 saturated carbocycles. The molecule has 2 unspecified atom stereocenters. The molecule has 0 spiro atoms. The van der Waals surface area contributed by atoms with Crippen LogP contribution in [0.3, 0.4) is 0 Å². The van der Waals surface area contributed by atoms with Crippen LogP contribution in [-0.2, 0) is 0 Å². The lowest BCUT2D eigenvalue weighted by Crippen LogP contribution is -2.28. The number of halogens is 1. The topological polar surface area (TPSA) is 71.2 Å². The van der Waals surface area contributed by atoms with E-state index >= 15 is 0 Å². The quantitative estimate of drug-likeness (QED) is 0.669. The standard InChI is InChI=1S/C9H14ClN3O/c1-5(6(2)14)12-9-4-7(11)3-8(10)13-9/h3-6,14H,1-2H3,(H3,11,12,13). The van der Waals surface area contributed by atoms with Gasteiger partial charge in [0.15, 0.2) is 0 Å². The number of aromatic nitrogens is 1. The van der Waals surface area contributed by atoms with Gasteiger partial charge in [-0.15, -0.1) is 0 Å². The highest BCUT2D eigenvalue weighted by Gasteiger charge is 2.09. The molecule has 4 nitrogen and oxygen atoms in total. The number of anilines is 2. The summed E-state index contributed by atoms with van der Waals surface area (Å²) in [6.45, 7) is 3.55. The Balaban J connectivity index is 2.76. The van der Waals surface area contributed by atoms with Crippen LogP contribution < -0.4 is 11.1 Å². The fourth-order valence-electron chi connectivity index (χ4n) is 0.944. The highest BCUT2D eigenvalue weighted by Crippen LogP contribution is 2.16. The highest BCUT2D eigenvalue weighted by molar-refractivity contribution is 6.29. The molecule has 0 aliphatic rings. The van der Waals surface area contributed by atoms with E-state index in [1.807, 2.05) is 6.92 Å². The van der Waals surface area contributed by atoms with Crippen molar-refractivity contribution in [2.75, 3.05) is 11.1 Å². The summed E-state index contributed by atoms with van der Waals surface area (Å²) < 4.78 is 0. The number of rotatable bonds is 3. The van der Waals surface area contributed by atoms with Crippen molar-refractivity contribution in [2.45, 2.75) is 26.0 Å². The Kier molecular flexibility index (Phi) is 3.55. The van der Waals surface area contributed by atoms with E-state index < -0.39 is 6.10 Å². The number of hydrogen-bond donors (Lipinski definition) is 3. The minimum Gasteiger partial charge on any atom is -0.399 e. The fourth-order valence-corrected chi connectivity index (χ4v) is 1.16. The van der Waals surface area contributed by atoms with Crippen molar-refractivity contribution in [1.82, 2.24) is 4.98 Å². The molecular weight excluding hydrogens is 202 g/mol. The van der Waals surface area contributed by atoms with E-state index in [-0.39, 0.29) is 6.04 Å². The molecule has 5 heteroatoms. The van der Waals surface area contributed by atoms with Crippen LogP contribution in [0.15, 0.2) is 12.1 Å². The predicted octanol–water partition coefficient (Wildman–Crippen LogP) is 1.50. The van der Waals surface area contributed by atoms with E-state index in [1.165, 1.54) is 0 Å². The van der Waals surface area contributed by atoms with Crippen LogP contribution in [-0.4, -0.2) is 22.2 Å². The lowest BCUT2D eigenvalue weighted by Gasteiger charge is -2.17. The number of nitrogens with two attached hydrogens (primary N) is 1. The van der Waals surface area contributed by atoms with Gasteiger partial charge in [-0.3, -0.25) is 0 Å². The highest BCUT2D eigenvalue weighted by atomic mass is 35.5. The third kappa shape index (κ3) is 3.05. The first-order chi connectivity index (χ1) is 6.49. The van der Waals surface area contributed by atoms with Gasteiger partial charge in [-0.05, 0) is 19.9 Å². The second-order valence-corrected chi connectivity index (χ2v) is 3.67. The Morgan fingerprint density at radius 1 is 1.50 bits per heavy atom. The van der Waals surface area contributed by atoms with Gasteiger partial charge in [0.05, 0.1) is 12.1 Å². The lowest BCUT2D eigenvalue weighted by molar-refractivity contribution is 0.177. The van der Waals surface area contributed by atoms with E-state index in [1.54, 1.807) is 19.1 Å². The average Bonchev–Trinajstić information content (AvgIpc) is 2.01. The van der Waals surface area contributed by atoms with E-state index in [9.17, 15) is 5.11 Å². The summed E-state index contributed by atoms with van der Waals surface area (Å²) in [4.78, 5) is 4.02. The number of pyridine rings is 1. The lowest BCUT2D eigenvalue weighted by atomic mass is 10.2. The van der Waals surface area contributed by atoms with Crippen LogP contribution in [0.2, 0.25) is 5.15 Å². The number of nitrogen functional groups attached to an aromatic ring is 1. The third-order valence-electron chi connectivity index (χ3n) is 1.92. The van der Waals surface area contributed by atoms with Gasteiger partial charge in [-0.1, -0.05) is 11.6 Å². The molecule has 14 heavy (non-hydrogen) atoms. The molecule has 1 aromatic heterocycles. The number of nitrogens with one attached hydrogen (secondary N) is 1. The number of nitrogens with zero attached hydrogens (tertiary/aromatic N) is 1. The molecule has 1 heterocycles. The first-order valence-electron chi connectivity index (χ1n) is 4.36. The Morgan fingerprint density at radius 2 is 2.14 bits per heavy atom. The zero-order valence-electron chi connectivity index (χ0n) is 8.16. The van der Waals surface area contributed by atoms with Crippen molar-refractivity contribution < 1.29 is 5.11 Å². The van der Waals surface area contributed by atoms with Gasteiger partial charge in [-0.2, -0.15) is 0 Å². The summed E-state index contributed by atoms with van der Waals surface area (Å²) in [7, 11) is 0. The Hall–Kier alpha value is -1.00. The summed E-state index contributed by atoms with van der Waals surface area (Å²) in [5.74, 6) is 0.573. The number of aliphatic hydroxyl groups is 1. The molecular formula is C9H14ClN3O. The molecule has 0 radical (unpaired) electrons. The van der Waals surface area contributed by atoms with Crippen LogP contribution in [0, 0.1) is 0 Å². The molecule has 0 aromatic carbocycles. The van der Waals surface area contributed by atoms with Gasteiger partial charge in [0.25, 0.3) is 0 Å². The summed E-state index contributed by atoms with van der Waals surface area (Å²) in [6.07, 6.45) is -0.461. The van der Waals surface area contributed by atoms with Gasteiger partial charge in [-0.25, -0.2) is 4.98 Å². The molecule has 2 atom stereocenters. The third-order valence-corrected chi connectivity index (χ3v) is 2.11. The maximum atomic E-state index is 9.27. The van der Waals surface area contributed by atoms with Crippen molar-refractivity contribution in [2.24, 2.45) is 0 Å². The minimum atomic E-state index is -0.461. The number of hydrogen-bond acceptors (Lipinski definition) is 4. The van der Waals surface area contributed by atoms with Gasteiger partial charge in [0.2, 0.25) is 0 Å². The van der Waals surface area contributed by atoms with E-state index in [4.69, 9.17) is 17.3 Å². The minimum absolute atomic E-state index is 0.0969. The number of aliphatic hydroxyl groups excluding tert-OH is 1. The average molecular weight is 216 g/mol. The first kappa shape index (κ1) is 11.1. The van der Waals surface area contributed by atoms with E-state index in [0.717, 1.165) is 0 Å². The smallest absolute Gasteiger partial charge is 0.133 e. The second-order valence-electron chi connectivity index (χ2n) is 3.28. The second kappa shape index (κ2) is 4.48. The molecule has 0 aliphatic carbocycles. The molecule has 0 amide bonds. The monoisotopic (exact) mass is 215 g/mol. The molecule has 0 bridgehead atoms. The van der Waals surface area contributed by atoms with Gasteiger partial charge in [0, 0.05) is 11.8 Å². The van der Waals surface area contributed by atoms with Crippen molar-refractivity contribution in [3.63, 3.8) is 0 Å². The van der Waals surface area contributed by atoms with Crippen LogP contribution in [0.25, 0.3) is 0 Å². The van der Waals surface area contributed by atoms with Crippen LogP contribution in [0.4, 0.5) is 11.5 Å². The van der Waals surface area contributed by atoms with Crippen molar-refractivity contribution in [1.29, 1.82) is 0 Å². The molecule has 78 valence electrons. The Bertz CT molecular complexity index is 297. The SMILES string of the molecule is CC(O)C(C)Nc1cc(N)cc(Cl)n1.